The lowest BCUT2D eigenvalue weighted by Crippen LogP contribution is -2.41. The van der Waals surface area contributed by atoms with Gasteiger partial charge in [0.1, 0.15) is 11.5 Å². The molecule has 0 aliphatic rings. The quantitative estimate of drug-likeness (QED) is 0.314. The number of benzene rings is 1. The Morgan fingerprint density at radius 1 is 1.08 bits per heavy atom. The molecule has 3 heterocycles. The number of nitrogen functional groups attached to an aromatic ring is 1. The van der Waals surface area contributed by atoms with Gasteiger partial charge in [-0.15, -0.1) is 0 Å². The molecule has 1 aromatic carbocycles. The molecule has 0 unspecified atom stereocenters. The maximum absolute atomic E-state index is 14.2. The summed E-state index contributed by atoms with van der Waals surface area (Å²) in [4.78, 5) is 48.1. The highest BCUT2D eigenvalue weighted by Crippen LogP contribution is 2.28. The second-order valence-electron chi connectivity index (χ2n) is 8.71. The van der Waals surface area contributed by atoms with Crippen LogP contribution < -0.4 is 21.9 Å². The van der Waals surface area contributed by atoms with Gasteiger partial charge in [-0.2, -0.15) is 0 Å². The van der Waals surface area contributed by atoms with Gasteiger partial charge in [-0.3, -0.25) is 19.1 Å². The van der Waals surface area contributed by atoms with Crippen molar-refractivity contribution >= 4 is 28.3 Å². The van der Waals surface area contributed by atoms with E-state index in [0.717, 1.165) is 19.3 Å². The van der Waals surface area contributed by atoms with Crippen LogP contribution in [0.25, 0.3) is 22.4 Å². The molecule has 188 valence electrons. The molecule has 0 spiro atoms. The molecule has 9 heteroatoms. The van der Waals surface area contributed by atoms with Crippen molar-refractivity contribution in [2.24, 2.45) is 0 Å². The van der Waals surface area contributed by atoms with E-state index >= 15 is 0 Å². The van der Waals surface area contributed by atoms with Crippen LogP contribution in [0, 0.1) is 0 Å². The minimum Gasteiger partial charge on any atom is -0.463 e. The van der Waals surface area contributed by atoms with Crippen molar-refractivity contribution in [3.8, 4) is 11.5 Å². The summed E-state index contributed by atoms with van der Waals surface area (Å²) in [7, 11) is 0. The Kier molecular flexibility index (Phi) is 7.68. The molecule has 4 rings (SSSR count). The number of fused-ring (bicyclic) bond motifs is 1. The summed E-state index contributed by atoms with van der Waals surface area (Å²) in [5, 5.41) is 0.646. The van der Waals surface area contributed by atoms with Crippen molar-refractivity contribution in [2.45, 2.75) is 52.5 Å². The van der Waals surface area contributed by atoms with Gasteiger partial charge in [-0.05, 0) is 37.1 Å². The largest absolute Gasteiger partial charge is 0.463 e. The first-order valence-electron chi connectivity index (χ1n) is 12.3. The van der Waals surface area contributed by atoms with Crippen molar-refractivity contribution in [3.63, 3.8) is 0 Å². The van der Waals surface area contributed by atoms with E-state index in [9.17, 15) is 14.4 Å². The van der Waals surface area contributed by atoms with Gasteiger partial charge in [0, 0.05) is 18.5 Å². The van der Waals surface area contributed by atoms with E-state index in [1.807, 2.05) is 31.2 Å². The van der Waals surface area contributed by atoms with E-state index in [0.29, 0.717) is 47.3 Å². The Bertz CT molecular complexity index is 1470. The lowest BCUT2D eigenvalue weighted by atomic mass is 10.0. The molecule has 36 heavy (non-hydrogen) atoms. The number of nitrogens with one attached hydrogen (secondary N) is 1. The van der Waals surface area contributed by atoms with E-state index < -0.39 is 17.2 Å². The second kappa shape index (κ2) is 11.1. The third-order valence-corrected chi connectivity index (χ3v) is 6.17. The van der Waals surface area contributed by atoms with E-state index in [1.165, 1.54) is 9.47 Å². The number of aromatic nitrogens is 3. The number of hydrogen-bond donors (Lipinski definition) is 2. The average molecular weight is 490 g/mol. The van der Waals surface area contributed by atoms with Crippen molar-refractivity contribution in [3.05, 3.63) is 75.1 Å². The zero-order valence-electron chi connectivity index (χ0n) is 20.6. The number of furan rings is 1. The smallest absolute Gasteiger partial charge is 0.330 e. The van der Waals surface area contributed by atoms with E-state index in [4.69, 9.17) is 10.2 Å². The molecule has 0 saturated carbocycles. The number of carbonyl (C=O) groups excluding carboxylic acids is 1. The number of nitrogens with zero attached hydrogens (tertiary/aromatic N) is 3. The Hall–Kier alpha value is -4.14. The zero-order valence-corrected chi connectivity index (χ0v) is 20.6. The Morgan fingerprint density at radius 2 is 1.86 bits per heavy atom. The van der Waals surface area contributed by atoms with Crippen LogP contribution in [0.4, 0.5) is 11.5 Å². The molecular formula is C27H31N5O4. The number of hydrogen-bond acceptors (Lipinski definition) is 6. The summed E-state index contributed by atoms with van der Waals surface area (Å²) in [6, 6.07) is 12.5. The maximum Gasteiger partial charge on any atom is 0.330 e. The van der Waals surface area contributed by atoms with Crippen LogP contribution >= 0.6 is 0 Å². The third-order valence-electron chi connectivity index (χ3n) is 6.17. The average Bonchev–Trinajstić information content (AvgIpc) is 3.42. The summed E-state index contributed by atoms with van der Waals surface area (Å²) in [6.07, 6.45) is 5.57. The first-order chi connectivity index (χ1) is 17.5. The molecule has 0 fully saturated rings. The summed E-state index contributed by atoms with van der Waals surface area (Å²) < 4.78 is 6.86. The molecular weight excluding hydrogens is 458 g/mol. The van der Waals surface area contributed by atoms with Crippen LogP contribution in [0.3, 0.4) is 0 Å². The number of para-hydroxylation sites is 1. The Labute approximate surface area is 208 Å². The number of carbonyl (C=O) groups is 1. The van der Waals surface area contributed by atoms with Gasteiger partial charge in [-0.25, -0.2) is 9.78 Å². The van der Waals surface area contributed by atoms with Gasteiger partial charge >= 0.3 is 5.69 Å². The van der Waals surface area contributed by atoms with Gasteiger partial charge in [0.25, 0.3) is 11.5 Å². The van der Waals surface area contributed by atoms with Crippen molar-refractivity contribution in [2.75, 3.05) is 17.2 Å². The van der Waals surface area contributed by atoms with Crippen LogP contribution in [0.5, 0.6) is 0 Å². The van der Waals surface area contributed by atoms with Crippen LogP contribution in [0.15, 0.2) is 62.7 Å². The molecule has 0 atom stereocenters. The second-order valence-corrected chi connectivity index (χ2v) is 8.71. The molecule has 3 N–H and O–H groups in total. The van der Waals surface area contributed by atoms with Gasteiger partial charge in [-0.1, -0.05) is 51.3 Å². The number of aromatic amines is 1. The number of amides is 1. The first-order valence-corrected chi connectivity index (χ1v) is 12.3. The van der Waals surface area contributed by atoms with Crippen LogP contribution in [-0.4, -0.2) is 27.0 Å². The lowest BCUT2D eigenvalue weighted by molar-refractivity contribution is 0.0987. The fourth-order valence-electron chi connectivity index (χ4n) is 4.26. The van der Waals surface area contributed by atoms with Crippen molar-refractivity contribution in [1.29, 1.82) is 0 Å². The molecule has 0 saturated heterocycles. The molecule has 0 aliphatic heterocycles. The zero-order chi connectivity index (χ0) is 25.7. The van der Waals surface area contributed by atoms with Gasteiger partial charge in [0.05, 0.1) is 17.3 Å². The van der Waals surface area contributed by atoms with Gasteiger partial charge in [0.15, 0.2) is 11.4 Å². The highest BCUT2D eigenvalue weighted by Gasteiger charge is 2.27. The third kappa shape index (κ3) is 4.95. The number of anilines is 2. The molecule has 0 radical (unpaired) electrons. The Morgan fingerprint density at radius 3 is 2.58 bits per heavy atom. The predicted molar refractivity (Wildman–Crippen MR) is 141 cm³/mol. The number of H-pyrrole nitrogens is 1. The highest BCUT2D eigenvalue weighted by molar-refractivity contribution is 6.14. The fraction of sp³-hybridized carbons (Fsp3) is 0.333. The summed E-state index contributed by atoms with van der Waals surface area (Å²) in [5.74, 6) is 0.125. The number of unbranched alkanes of at least 4 members (excludes halogenated alkanes) is 3. The summed E-state index contributed by atoms with van der Waals surface area (Å²) >= 11 is 0. The summed E-state index contributed by atoms with van der Waals surface area (Å²) in [5.41, 5.74) is 6.62. The fourth-order valence-corrected chi connectivity index (χ4v) is 4.26. The molecule has 1 amide bonds. The molecule has 4 aromatic rings. The monoisotopic (exact) mass is 489 g/mol. The predicted octanol–water partition coefficient (Wildman–Crippen LogP) is 4.56. The highest BCUT2D eigenvalue weighted by atomic mass is 16.3. The number of rotatable bonds is 10. The van der Waals surface area contributed by atoms with Gasteiger partial charge in [0.2, 0.25) is 0 Å². The van der Waals surface area contributed by atoms with E-state index in [-0.39, 0.29) is 18.1 Å². The van der Waals surface area contributed by atoms with E-state index in [1.54, 1.807) is 24.5 Å². The van der Waals surface area contributed by atoms with Crippen LogP contribution in [0.1, 0.15) is 56.3 Å². The molecule has 0 bridgehead atoms. The topological polar surface area (TPSA) is 127 Å². The van der Waals surface area contributed by atoms with Gasteiger partial charge < -0.3 is 15.1 Å². The maximum atomic E-state index is 14.2. The van der Waals surface area contributed by atoms with Crippen molar-refractivity contribution in [1.82, 2.24) is 14.5 Å². The van der Waals surface area contributed by atoms with Crippen LogP contribution in [-0.2, 0) is 6.54 Å². The van der Waals surface area contributed by atoms with Crippen molar-refractivity contribution < 1.29 is 9.21 Å². The number of pyridine rings is 1. The summed E-state index contributed by atoms with van der Waals surface area (Å²) in [6.45, 7) is 4.69. The van der Waals surface area contributed by atoms with E-state index in [2.05, 4.69) is 16.9 Å². The normalized spacial score (nSPS) is 11.2. The minimum atomic E-state index is -0.681. The molecule has 9 nitrogen and oxygen atoms in total. The van der Waals surface area contributed by atoms with Crippen LogP contribution in [0.2, 0.25) is 0 Å². The standard InChI is InChI=1S/C27H31N5O4/c1-3-5-9-15-31(23-24(28)32(14-6-4-2)27(35)30-25(23)33)26(34)19-17-21(22-13-10-16-36-22)29-20-12-8-7-11-18(19)20/h7-8,10-13,16-17H,3-6,9,14-15,28H2,1-2H3,(H,30,33,35). The lowest BCUT2D eigenvalue weighted by Gasteiger charge is -2.25. The first kappa shape index (κ1) is 25.0. The minimum absolute atomic E-state index is 0.00718. The Balaban J connectivity index is 1.90. The number of nitrogens with two attached hydrogens (primary N) is 1. The SMILES string of the molecule is CCCCCN(C(=O)c1cc(-c2ccco2)nc2ccccc12)c1c(N)n(CCCC)c(=O)[nH]c1=O. The molecule has 0 aliphatic carbocycles. The molecule has 3 aromatic heterocycles.